The number of methoxy groups -OCH3 is 1. The maximum atomic E-state index is 5.40. The summed E-state index contributed by atoms with van der Waals surface area (Å²) in [6.45, 7) is 0. The van der Waals surface area contributed by atoms with Crippen LogP contribution in [0.15, 0.2) is 6.07 Å². The largest absolute Gasteiger partial charge is 0.481 e. The van der Waals surface area contributed by atoms with E-state index in [0.29, 0.717) is 17.2 Å². The lowest BCUT2D eigenvalue weighted by Crippen LogP contribution is -1.98. The number of anilines is 1. The molecule has 1 aromatic heterocycles. The standard InChI is InChI=1S/C5H8BrN3O/c1-10-5-2-4(7)8-9(5)3-6/h2H,3H2,1H3,(H2,7,8). The Morgan fingerprint density at radius 3 is 3.00 bits per heavy atom. The zero-order chi connectivity index (χ0) is 7.56. The molecule has 0 aliphatic heterocycles. The van der Waals surface area contributed by atoms with Gasteiger partial charge in [-0.05, 0) is 0 Å². The van der Waals surface area contributed by atoms with Crippen LogP contribution in [0, 0.1) is 0 Å². The summed E-state index contributed by atoms with van der Waals surface area (Å²) in [4.78, 5) is 0. The highest BCUT2D eigenvalue weighted by Gasteiger charge is 2.02. The summed E-state index contributed by atoms with van der Waals surface area (Å²) in [5.41, 5.74) is 5.99. The van der Waals surface area contributed by atoms with Crippen molar-refractivity contribution in [2.45, 2.75) is 5.45 Å². The Kier molecular flexibility index (Phi) is 2.16. The molecule has 0 aromatic carbocycles. The van der Waals surface area contributed by atoms with E-state index in [2.05, 4.69) is 21.0 Å². The first-order valence-electron chi connectivity index (χ1n) is 2.71. The van der Waals surface area contributed by atoms with E-state index in [1.54, 1.807) is 17.9 Å². The van der Waals surface area contributed by atoms with Gasteiger partial charge in [0.25, 0.3) is 0 Å². The summed E-state index contributed by atoms with van der Waals surface area (Å²) in [5, 5.41) is 3.92. The molecule has 0 bridgehead atoms. The Morgan fingerprint density at radius 1 is 1.90 bits per heavy atom. The summed E-state index contributed by atoms with van der Waals surface area (Å²) in [7, 11) is 1.58. The van der Waals surface area contributed by atoms with Gasteiger partial charge in [-0.25, -0.2) is 4.68 Å². The van der Waals surface area contributed by atoms with Crippen molar-refractivity contribution in [1.29, 1.82) is 0 Å². The number of hydrogen-bond acceptors (Lipinski definition) is 3. The molecule has 0 atom stereocenters. The number of hydrogen-bond donors (Lipinski definition) is 1. The molecule has 0 radical (unpaired) electrons. The molecule has 0 aliphatic rings. The van der Waals surface area contributed by atoms with Gasteiger partial charge in [0.1, 0.15) is 5.82 Å². The molecular weight excluding hydrogens is 198 g/mol. The van der Waals surface area contributed by atoms with E-state index >= 15 is 0 Å². The minimum Gasteiger partial charge on any atom is -0.481 e. The van der Waals surface area contributed by atoms with Crippen LogP contribution in [-0.4, -0.2) is 16.9 Å². The maximum Gasteiger partial charge on any atom is 0.214 e. The van der Waals surface area contributed by atoms with Crippen LogP contribution in [0.2, 0.25) is 0 Å². The van der Waals surface area contributed by atoms with Crippen molar-refractivity contribution in [3.63, 3.8) is 0 Å². The topological polar surface area (TPSA) is 53.1 Å². The summed E-state index contributed by atoms with van der Waals surface area (Å²) in [5.74, 6) is 1.13. The van der Waals surface area contributed by atoms with Gasteiger partial charge in [0.05, 0.1) is 12.6 Å². The lowest BCUT2D eigenvalue weighted by Gasteiger charge is -1.98. The summed E-state index contributed by atoms with van der Waals surface area (Å²) >= 11 is 3.23. The number of alkyl halides is 1. The maximum absolute atomic E-state index is 5.40. The van der Waals surface area contributed by atoms with Crippen molar-refractivity contribution >= 4 is 21.7 Å². The first kappa shape index (κ1) is 7.40. The molecule has 1 heterocycles. The Balaban J connectivity index is 2.96. The Morgan fingerprint density at radius 2 is 2.60 bits per heavy atom. The molecule has 2 N–H and O–H groups in total. The molecule has 0 unspecified atom stereocenters. The quantitative estimate of drug-likeness (QED) is 0.729. The fourth-order valence-corrected chi connectivity index (χ4v) is 1.03. The molecule has 0 aliphatic carbocycles. The molecule has 0 amide bonds. The van der Waals surface area contributed by atoms with Gasteiger partial charge in [-0.15, -0.1) is 0 Å². The highest BCUT2D eigenvalue weighted by Crippen LogP contribution is 2.14. The summed E-state index contributed by atoms with van der Waals surface area (Å²) in [6, 6.07) is 1.67. The van der Waals surface area contributed by atoms with Crippen molar-refractivity contribution < 1.29 is 4.74 Å². The van der Waals surface area contributed by atoms with Crippen LogP contribution >= 0.6 is 15.9 Å². The summed E-state index contributed by atoms with van der Waals surface area (Å²) < 4.78 is 6.57. The first-order valence-corrected chi connectivity index (χ1v) is 3.83. The summed E-state index contributed by atoms with van der Waals surface area (Å²) in [6.07, 6.45) is 0. The fraction of sp³-hybridized carbons (Fsp3) is 0.400. The average Bonchev–Trinajstić information content (AvgIpc) is 2.30. The van der Waals surface area contributed by atoms with Crippen molar-refractivity contribution in [3.8, 4) is 5.88 Å². The minimum absolute atomic E-state index is 0.469. The Labute approximate surface area is 67.1 Å². The molecule has 0 fully saturated rings. The SMILES string of the molecule is COc1cc(N)nn1CBr. The molecule has 1 aromatic rings. The lowest BCUT2D eigenvalue weighted by atomic mass is 10.6. The predicted molar refractivity (Wildman–Crippen MR) is 42.1 cm³/mol. The van der Waals surface area contributed by atoms with Gasteiger partial charge in [0.2, 0.25) is 5.88 Å². The van der Waals surface area contributed by atoms with Gasteiger partial charge in [0.15, 0.2) is 0 Å². The second-order valence-corrected chi connectivity index (χ2v) is 2.23. The number of rotatable bonds is 2. The van der Waals surface area contributed by atoms with E-state index in [4.69, 9.17) is 10.5 Å². The third kappa shape index (κ3) is 1.23. The molecule has 0 saturated heterocycles. The minimum atomic E-state index is 0.469. The lowest BCUT2D eigenvalue weighted by molar-refractivity contribution is 0.373. The van der Waals surface area contributed by atoms with Crippen molar-refractivity contribution in [3.05, 3.63) is 6.07 Å². The number of nitrogens with two attached hydrogens (primary N) is 1. The van der Waals surface area contributed by atoms with Gasteiger partial charge in [0, 0.05) is 6.07 Å². The second kappa shape index (κ2) is 2.92. The van der Waals surface area contributed by atoms with Gasteiger partial charge >= 0.3 is 0 Å². The van der Waals surface area contributed by atoms with Gasteiger partial charge < -0.3 is 10.5 Å². The fourth-order valence-electron chi connectivity index (χ4n) is 0.668. The highest BCUT2D eigenvalue weighted by molar-refractivity contribution is 9.08. The van der Waals surface area contributed by atoms with Crippen LogP contribution in [0.3, 0.4) is 0 Å². The zero-order valence-corrected chi connectivity index (χ0v) is 7.13. The molecule has 4 nitrogen and oxygen atoms in total. The van der Waals surface area contributed by atoms with Crippen LogP contribution in [0.4, 0.5) is 5.82 Å². The van der Waals surface area contributed by atoms with Crippen molar-refractivity contribution in [1.82, 2.24) is 9.78 Å². The van der Waals surface area contributed by atoms with E-state index in [0.717, 1.165) is 0 Å². The highest BCUT2D eigenvalue weighted by atomic mass is 79.9. The van der Waals surface area contributed by atoms with E-state index in [1.165, 1.54) is 0 Å². The van der Waals surface area contributed by atoms with Gasteiger partial charge in [-0.3, -0.25) is 0 Å². The Hall–Kier alpha value is -0.710. The zero-order valence-electron chi connectivity index (χ0n) is 5.54. The number of nitrogens with zero attached hydrogens (tertiary/aromatic N) is 2. The normalized spacial score (nSPS) is 9.80. The average molecular weight is 206 g/mol. The third-order valence-corrected chi connectivity index (χ3v) is 1.56. The van der Waals surface area contributed by atoms with Crippen LogP contribution < -0.4 is 10.5 Å². The van der Waals surface area contributed by atoms with Crippen LogP contribution in [-0.2, 0) is 5.45 Å². The van der Waals surface area contributed by atoms with E-state index in [1.807, 2.05) is 0 Å². The molecular formula is C5H8BrN3O. The molecule has 0 saturated carbocycles. The second-order valence-electron chi connectivity index (χ2n) is 1.73. The molecule has 10 heavy (non-hydrogen) atoms. The molecule has 0 spiro atoms. The van der Waals surface area contributed by atoms with Crippen LogP contribution in [0.1, 0.15) is 0 Å². The smallest absolute Gasteiger partial charge is 0.214 e. The number of ether oxygens (including phenoxy) is 1. The molecule has 5 heteroatoms. The number of nitrogen functional groups attached to an aromatic ring is 1. The third-order valence-electron chi connectivity index (χ3n) is 1.08. The van der Waals surface area contributed by atoms with Crippen molar-refractivity contribution in [2.24, 2.45) is 0 Å². The monoisotopic (exact) mass is 205 g/mol. The van der Waals surface area contributed by atoms with E-state index in [-0.39, 0.29) is 0 Å². The predicted octanol–water partition coefficient (Wildman–Crippen LogP) is 0.826. The van der Waals surface area contributed by atoms with Crippen LogP contribution in [0.5, 0.6) is 5.88 Å². The molecule has 1 rings (SSSR count). The Bertz CT molecular complexity index is 201. The van der Waals surface area contributed by atoms with Gasteiger partial charge in [-0.2, -0.15) is 5.10 Å². The van der Waals surface area contributed by atoms with Crippen molar-refractivity contribution in [2.75, 3.05) is 12.8 Å². The van der Waals surface area contributed by atoms with Crippen LogP contribution in [0.25, 0.3) is 0 Å². The number of halogens is 1. The van der Waals surface area contributed by atoms with Gasteiger partial charge in [-0.1, -0.05) is 15.9 Å². The van der Waals surface area contributed by atoms with E-state index < -0.39 is 0 Å². The first-order chi connectivity index (χ1) is 4.77. The van der Waals surface area contributed by atoms with E-state index in [9.17, 15) is 0 Å². The number of aromatic nitrogens is 2. The molecule has 56 valence electrons.